The van der Waals surface area contributed by atoms with Gasteiger partial charge in [0.2, 0.25) is 0 Å². The summed E-state index contributed by atoms with van der Waals surface area (Å²) < 4.78 is 16.9. The predicted octanol–water partition coefficient (Wildman–Crippen LogP) is 4.12. The van der Waals surface area contributed by atoms with Gasteiger partial charge in [-0.25, -0.2) is 5.43 Å². The van der Waals surface area contributed by atoms with Crippen LogP contribution in [0.5, 0.6) is 17.2 Å². The number of carbonyl (C=O) groups excluding carboxylic acids is 1. The Bertz CT molecular complexity index is 822. The van der Waals surface area contributed by atoms with Crippen LogP contribution in [0.25, 0.3) is 0 Å². The van der Waals surface area contributed by atoms with E-state index in [0.717, 1.165) is 4.47 Å². The van der Waals surface area contributed by atoms with E-state index in [1.165, 1.54) is 11.8 Å². The molecule has 0 aliphatic heterocycles. The standard InChI is InChI=1S/C20H23BrN2O4/c1-13(2)14-8-9-17(16(21)10-14)27-12-19(24)23-22-11-15-6-5-7-18(25-3)20(15)26-4/h5-11,13H,12H2,1-4H3,(H,23,24). The van der Waals surface area contributed by atoms with Crippen molar-refractivity contribution < 1.29 is 19.0 Å². The van der Waals surface area contributed by atoms with Gasteiger partial charge in [-0.2, -0.15) is 5.10 Å². The lowest BCUT2D eigenvalue weighted by atomic mass is 10.0. The molecule has 27 heavy (non-hydrogen) atoms. The van der Waals surface area contributed by atoms with Crippen LogP contribution >= 0.6 is 15.9 Å². The van der Waals surface area contributed by atoms with Gasteiger partial charge in [-0.05, 0) is 51.7 Å². The molecule has 0 fully saturated rings. The molecule has 0 saturated carbocycles. The molecule has 0 bridgehead atoms. The molecule has 0 heterocycles. The molecule has 7 heteroatoms. The number of nitrogens with zero attached hydrogens (tertiary/aromatic N) is 1. The maximum absolute atomic E-state index is 11.9. The van der Waals surface area contributed by atoms with Crippen LogP contribution in [-0.4, -0.2) is 32.9 Å². The monoisotopic (exact) mass is 434 g/mol. The number of halogens is 1. The summed E-state index contributed by atoms with van der Waals surface area (Å²) in [5.41, 5.74) is 4.31. The Hall–Kier alpha value is -2.54. The van der Waals surface area contributed by atoms with Crippen molar-refractivity contribution in [1.29, 1.82) is 0 Å². The highest BCUT2D eigenvalue weighted by Crippen LogP contribution is 2.30. The van der Waals surface area contributed by atoms with Crippen LogP contribution in [0.3, 0.4) is 0 Å². The van der Waals surface area contributed by atoms with Crippen molar-refractivity contribution in [1.82, 2.24) is 5.43 Å². The Morgan fingerprint density at radius 3 is 2.59 bits per heavy atom. The van der Waals surface area contributed by atoms with Crippen LogP contribution < -0.4 is 19.6 Å². The number of carbonyl (C=O) groups is 1. The summed E-state index contributed by atoms with van der Waals surface area (Å²) in [4.78, 5) is 11.9. The Morgan fingerprint density at radius 2 is 1.96 bits per heavy atom. The lowest BCUT2D eigenvalue weighted by Crippen LogP contribution is -2.24. The summed E-state index contributed by atoms with van der Waals surface area (Å²) in [7, 11) is 3.10. The average molecular weight is 435 g/mol. The largest absolute Gasteiger partial charge is 0.493 e. The van der Waals surface area contributed by atoms with E-state index in [2.05, 4.69) is 40.3 Å². The van der Waals surface area contributed by atoms with Crippen molar-refractivity contribution in [3.8, 4) is 17.2 Å². The third-order valence-corrected chi connectivity index (χ3v) is 4.43. The van der Waals surface area contributed by atoms with Gasteiger partial charge >= 0.3 is 0 Å². The van der Waals surface area contributed by atoms with Crippen molar-refractivity contribution in [3.63, 3.8) is 0 Å². The number of methoxy groups -OCH3 is 2. The second kappa shape index (κ2) is 9.97. The molecule has 1 N–H and O–H groups in total. The van der Waals surface area contributed by atoms with Crippen LogP contribution in [-0.2, 0) is 4.79 Å². The van der Waals surface area contributed by atoms with Gasteiger partial charge in [0.25, 0.3) is 5.91 Å². The van der Waals surface area contributed by atoms with Crippen molar-refractivity contribution >= 4 is 28.1 Å². The zero-order valence-corrected chi connectivity index (χ0v) is 17.4. The van der Waals surface area contributed by atoms with Crippen LogP contribution in [0.4, 0.5) is 0 Å². The molecule has 0 radical (unpaired) electrons. The summed E-state index contributed by atoms with van der Waals surface area (Å²) in [6, 6.07) is 11.2. The number of nitrogens with one attached hydrogen (secondary N) is 1. The van der Waals surface area contributed by atoms with Gasteiger partial charge in [0.15, 0.2) is 18.1 Å². The highest BCUT2D eigenvalue weighted by molar-refractivity contribution is 9.10. The maximum atomic E-state index is 11.9. The lowest BCUT2D eigenvalue weighted by molar-refractivity contribution is -0.123. The van der Waals surface area contributed by atoms with Crippen LogP contribution in [0.1, 0.15) is 30.9 Å². The third-order valence-electron chi connectivity index (χ3n) is 3.81. The minimum atomic E-state index is -0.368. The van der Waals surface area contributed by atoms with Crippen molar-refractivity contribution in [2.45, 2.75) is 19.8 Å². The molecule has 0 unspecified atom stereocenters. The van der Waals surface area contributed by atoms with E-state index >= 15 is 0 Å². The number of hydrazone groups is 1. The van der Waals surface area contributed by atoms with Crippen LogP contribution in [0.2, 0.25) is 0 Å². The lowest BCUT2D eigenvalue weighted by Gasteiger charge is -2.11. The van der Waals surface area contributed by atoms with Gasteiger partial charge in [0.05, 0.1) is 24.9 Å². The highest BCUT2D eigenvalue weighted by atomic mass is 79.9. The maximum Gasteiger partial charge on any atom is 0.277 e. The number of amides is 1. The first-order valence-electron chi connectivity index (χ1n) is 8.41. The van der Waals surface area contributed by atoms with E-state index in [1.54, 1.807) is 26.4 Å². The molecule has 0 aromatic heterocycles. The molecule has 0 aliphatic carbocycles. The molecule has 6 nitrogen and oxygen atoms in total. The smallest absolute Gasteiger partial charge is 0.277 e. The number of ether oxygens (including phenoxy) is 3. The number of hydrogen-bond acceptors (Lipinski definition) is 5. The topological polar surface area (TPSA) is 69.2 Å². The first kappa shape index (κ1) is 20.8. The van der Waals surface area contributed by atoms with Gasteiger partial charge < -0.3 is 14.2 Å². The zero-order chi connectivity index (χ0) is 19.8. The number of benzene rings is 2. The molecule has 0 saturated heterocycles. The molecule has 1 amide bonds. The Labute approximate surface area is 167 Å². The fraction of sp³-hybridized carbons (Fsp3) is 0.300. The quantitative estimate of drug-likeness (QED) is 0.501. The van der Waals surface area contributed by atoms with E-state index in [9.17, 15) is 4.79 Å². The highest BCUT2D eigenvalue weighted by Gasteiger charge is 2.09. The number of rotatable bonds is 8. The molecule has 0 aliphatic rings. The van der Waals surface area contributed by atoms with Crippen molar-refractivity contribution in [2.24, 2.45) is 5.10 Å². The van der Waals surface area contributed by atoms with Crippen molar-refractivity contribution in [3.05, 3.63) is 52.0 Å². The summed E-state index contributed by atoms with van der Waals surface area (Å²) >= 11 is 3.47. The molecule has 0 atom stereocenters. The Kier molecular flexibility index (Phi) is 7.67. The second-order valence-electron chi connectivity index (χ2n) is 6.01. The molecule has 2 rings (SSSR count). The van der Waals surface area contributed by atoms with E-state index in [-0.39, 0.29) is 12.5 Å². The Morgan fingerprint density at radius 1 is 1.19 bits per heavy atom. The molecule has 144 valence electrons. The predicted molar refractivity (Wildman–Crippen MR) is 109 cm³/mol. The first-order valence-corrected chi connectivity index (χ1v) is 9.20. The van der Waals surface area contributed by atoms with Gasteiger partial charge in [0, 0.05) is 5.56 Å². The fourth-order valence-electron chi connectivity index (χ4n) is 2.36. The summed E-state index contributed by atoms with van der Waals surface area (Å²) in [5.74, 6) is 1.79. The van der Waals surface area contributed by atoms with Crippen LogP contribution in [0.15, 0.2) is 46.0 Å². The van der Waals surface area contributed by atoms with Crippen molar-refractivity contribution in [2.75, 3.05) is 20.8 Å². The molecule has 2 aromatic carbocycles. The molecular formula is C20H23BrN2O4. The molecule has 2 aromatic rings. The van der Waals surface area contributed by atoms with E-state index in [1.807, 2.05) is 24.3 Å². The summed E-state index contributed by atoms with van der Waals surface area (Å²) in [5, 5.41) is 3.95. The molecular weight excluding hydrogens is 412 g/mol. The summed E-state index contributed by atoms with van der Waals surface area (Å²) in [6.45, 7) is 4.09. The van der Waals surface area contributed by atoms with Gasteiger partial charge in [-0.15, -0.1) is 0 Å². The minimum absolute atomic E-state index is 0.147. The van der Waals surface area contributed by atoms with E-state index < -0.39 is 0 Å². The number of hydrogen-bond donors (Lipinski definition) is 1. The SMILES string of the molecule is COc1cccc(C=NNC(=O)COc2ccc(C(C)C)cc2Br)c1OC. The van der Waals surface area contributed by atoms with E-state index in [0.29, 0.717) is 28.7 Å². The van der Waals surface area contributed by atoms with E-state index in [4.69, 9.17) is 14.2 Å². The zero-order valence-electron chi connectivity index (χ0n) is 15.8. The normalized spacial score (nSPS) is 10.9. The number of para-hydroxylation sites is 1. The second-order valence-corrected chi connectivity index (χ2v) is 6.86. The third kappa shape index (κ3) is 5.72. The Balaban J connectivity index is 1.93. The minimum Gasteiger partial charge on any atom is -0.493 e. The average Bonchev–Trinajstić information content (AvgIpc) is 2.66. The van der Waals surface area contributed by atoms with Crippen LogP contribution in [0, 0.1) is 0 Å². The fourth-order valence-corrected chi connectivity index (χ4v) is 2.87. The van der Waals surface area contributed by atoms with Gasteiger partial charge in [-0.1, -0.05) is 26.0 Å². The summed E-state index contributed by atoms with van der Waals surface area (Å²) in [6.07, 6.45) is 1.49. The van der Waals surface area contributed by atoms with Gasteiger partial charge in [0.1, 0.15) is 5.75 Å². The molecule has 0 spiro atoms. The van der Waals surface area contributed by atoms with Gasteiger partial charge in [-0.3, -0.25) is 4.79 Å². The first-order chi connectivity index (χ1) is 13.0.